The fraction of sp³-hybridized carbons (Fsp3) is 0.689. The van der Waals surface area contributed by atoms with Crippen molar-refractivity contribution in [2.45, 2.75) is 304 Å². The second-order valence-electron chi connectivity index (χ2n) is 28.3. The molecule has 0 spiro atoms. The van der Waals surface area contributed by atoms with Gasteiger partial charge >= 0.3 is 21.6 Å². The molecule has 2 aliphatic rings. The molecule has 0 aromatic heterocycles. The number of allylic oxidation sites excluding steroid dienone is 13. The predicted molar refractivity (Wildman–Crippen MR) is 406 cm³/mol. The summed E-state index contributed by atoms with van der Waals surface area (Å²) in [5.74, 6) is -9.66. The number of hydrogen-bond donors (Lipinski definition) is 15. The van der Waals surface area contributed by atoms with E-state index in [9.17, 15) is 87.6 Å². The van der Waals surface area contributed by atoms with Crippen LogP contribution >= 0.6 is 15.6 Å². The molecule has 35 heteroatoms. The van der Waals surface area contributed by atoms with Crippen LogP contribution in [0.5, 0.6) is 0 Å². The Bertz CT molecular complexity index is 3320. The number of phosphoric ester groups is 2. The van der Waals surface area contributed by atoms with Crippen LogP contribution in [0.25, 0.3) is 0 Å². The van der Waals surface area contributed by atoms with Crippen molar-refractivity contribution in [1.29, 1.82) is 0 Å². The van der Waals surface area contributed by atoms with Gasteiger partial charge in [-0.25, -0.2) is 13.9 Å². The molecule has 2 unspecified atom stereocenters. The van der Waals surface area contributed by atoms with Crippen LogP contribution in [0.3, 0.4) is 0 Å². The summed E-state index contributed by atoms with van der Waals surface area (Å²) in [4.78, 5) is 140. The SMILES string of the molecule is CC(=O)N[C@H]1[C@H](O[C@H]2[C@H](O[C@H](C)C(=O)C(=O)[C@H](C)NC(=O)CC[C@@H](NC(=O)[C@H](CCCCN)NC(=O)[C@@H](C)NC(=O)[C@@H](C)N)C(=O)O)[C@@H](NC(C)=O)[C@@H](OP(=O)(O)OP(=O)(O)OC/C=C(/C)CC/C=C(/C)CC/C=C(/C)CC/C=C(/C)CC/C=C(\C)CC/C=C(\C)CCC=C(C)C)O[C@@H]2CO)O[C@H](CO)[C@@H](O)[C@@H]1O. The monoisotopic (exact) mass is 1590 g/mol. The maximum absolute atomic E-state index is 14.1. The molecule has 2 aliphatic heterocycles. The number of carbonyl (C=O) groups is 9. The van der Waals surface area contributed by atoms with Gasteiger partial charge in [0.15, 0.2) is 12.6 Å². The summed E-state index contributed by atoms with van der Waals surface area (Å²) in [6, 6.07) is -10.7. The highest BCUT2D eigenvalue weighted by Crippen LogP contribution is 2.61. The van der Waals surface area contributed by atoms with Crippen molar-refractivity contribution < 1.29 is 120 Å². The summed E-state index contributed by atoms with van der Waals surface area (Å²) in [6.45, 7) is 21.0. The fourth-order valence-electron chi connectivity index (χ4n) is 11.5. The predicted octanol–water partition coefficient (Wildman–Crippen LogP) is 5.34. The van der Waals surface area contributed by atoms with Gasteiger partial charge in [0, 0.05) is 20.3 Å². The highest BCUT2D eigenvalue weighted by molar-refractivity contribution is 7.61. The molecule has 2 saturated heterocycles. The highest BCUT2D eigenvalue weighted by atomic mass is 31.3. The molecule has 2 heterocycles. The zero-order chi connectivity index (χ0) is 82.5. The number of unbranched alkanes of at least 4 members (excludes halogenated alkanes) is 1. The number of hydrogen-bond acceptors (Lipinski definition) is 24. The number of carboxylic acids is 1. The normalized spacial score (nSPS) is 23.8. The fourth-order valence-corrected chi connectivity index (χ4v) is 13.6. The minimum atomic E-state index is -5.95. The number of amides is 6. The first kappa shape index (κ1) is 98.7. The molecular formula is C74H124N8O25P2. The van der Waals surface area contributed by atoms with Crippen LogP contribution in [0.4, 0.5) is 0 Å². The van der Waals surface area contributed by atoms with Gasteiger partial charge in [0.05, 0.1) is 31.9 Å². The summed E-state index contributed by atoms with van der Waals surface area (Å²) in [5, 5.41) is 67.0. The second kappa shape index (κ2) is 50.6. The number of carbonyl (C=O) groups excluding carboxylic acids is 8. The minimum Gasteiger partial charge on any atom is -0.480 e. The third-order valence-electron chi connectivity index (χ3n) is 17.9. The molecule has 0 aromatic carbocycles. The molecule has 620 valence electrons. The summed E-state index contributed by atoms with van der Waals surface area (Å²) in [7, 11) is -11.5. The summed E-state index contributed by atoms with van der Waals surface area (Å²) >= 11 is 0. The van der Waals surface area contributed by atoms with Gasteiger partial charge in [-0.1, -0.05) is 81.5 Å². The zero-order valence-electron chi connectivity index (χ0n) is 65.7. The number of aliphatic hydroxyl groups excluding tert-OH is 4. The molecule has 33 nitrogen and oxygen atoms in total. The van der Waals surface area contributed by atoms with Gasteiger partial charge in [-0.15, -0.1) is 0 Å². The van der Waals surface area contributed by atoms with E-state index in [1.165, 1.54) is 53.4 Å². The largest absolute Gasteiger partial charge is 0.483 e. The molecule has 18 atom stereocenters. The van der Waals surface area contributed by atoms with E-state index < -0.39 is 199 Å². The number of carboxylic acid groups (broad SMARTS) is 1. The molecule has 109 heavy (non-hydrogen) atoms. The average Bonchev–Trinajstić information content (AvgIpc) is 0.764. The topological polar surface area (TPSA) is 518 Å². The maximum atomic E-state index is 14.1. The number of aliphatic hydroxyl groups is 4. The molecule has 6 amide bonds. The smallest absolute Gasteiger partial charge is 0.480 e. The van der Waals surface area contributed by atoms with Crippen molar-refractivity contribution in [3.63, 3.8) is 0 Å². The molecule has 0 aliphatic carbocycles. The van der Waals surface area contributed by atoms with E-state index in [-0.39, 0.29) is 13.0 Å². The molecule has 0 radical (unpaired) electrons. The highest BCUT2D eigenvalue weighted by Gasteiger charge is 2.55. The summed E-state index contributed by atoms with van der Waals surface area (Å²) in [6.07, 6.45) is 7.89. The number of phosphoric acid groups is 2. The van der Waals surface area contributed by atoms with Crippen LogP contribution in [-0.2, 0) is 84.6 Å². The number of aliphatic carboxylic acids is 1. The van der Waals surface area contributed by atoms with Crippen molar-refractivity contribution in [3.05, 3.63) is 81.5 Å². The Kier molecular flexibility index (Phi) is 45.9. The van der Waals surface area contributed by atoms with Gasteiger partial charge in [0.2, 0.25) is 47.0 Å². The van der Waals surface area contributed by atoms with Gasteiger partial charge < -0.3 is 97.6 Å². The lowest BCUT2D eigenvalue weighted by molar-refractivity contribution is -0.331. The first-order valence-corrected chi connectivity index (χ1v) is 40.0. The van der Waals surface area contributed by atoms with Crippen LogP contribution in [0, 0.1) is 0 Å². The van der Waals surface area contributed by atoms with E-state index in [1.807, 2.05) is 6.92 Å². The van der Waals surface area contributed by atoms with E-state index in [2.05, 4.69) is 114 Å². The number of nitrogens with two attached hydrogens (primary N) is 2. The van der Waals surface area contributed by atoms with Crippen LogP contribution in [0.15, 0.2) is 81.5 Å². The van der Waals surface area contributed by atoms with E-state index in [1.54, 1.807) is 6.92 Å². The molecule has 0 bridgehead atoms. The van der Waals surface area contributed by atoms with Crippen molar-refractivity contribution in [3.8, 4) is 0 Å². The summed E-state index contributed by atoms with van der Waals surface area (Å²) < 4.78 is 65.9. The quantitative estimate of drug-likeness (QED) is 0.0158. The lowest BCUT2D eigenvalue weighted by atomic mass is 9.94. The van der Waals surface area contributed by atoms with Crippen molar-refractivity contribution in [2.75, 3.05) is 26.4 Å². The van der Waals surface area contributed by atoms with Crippen molar-refractivity contribution >= 4 is 68.6 Å². The molecule has 0 saturated carbocycles. The number of nitrogens with one attached hydrogen (secondary N) is 6. The van der Waals surface area contributed by atoms with Gasteiger partial charge in [0.25, 0.3) is 0 Å². The van der Waals surface area contributed by atoms with E-state index in [0.29, 0.717) is 25.7 Å². The number of ether oxygens (including phenoxy) is 4. The van der Waals surface area contributed by atoms with E-state index >= 15 is 0 Å². The number of ketones is 2. The third-order valence-corrected chi connectivity index (χ3v) is 20.5. The maximum Gasteiger partial charge on any atom is 0.483 e. The van der Waals surface area contributed by atoms with Crippen molar-refractivity contribution in [2.24, 2.45) is 11.5 Å². The molecule has 2 rings (SSSR count). The Labute approximate surface area is 640 Å². The van der Waals surface area contributed by atoms with Gasteiger partial charge in [-0.3, -0.25) is 47.4 Å². The van der Waals surface area contributed by atoms with Gasteiger partial charge in [-0.2, -0.15) is 4.31 Å². The standard InChI is InChI=1S/C74H124N8O25P2/c1-43(2)23-17-24-44(3)25-18-26-45(4)27-19-28-46(5)29-20-30-47(6)31-21-32-48(7)33-22-34-49(8)38-40-101-108(97,98)107-109(99,100)106-74-62(80-55(14)86)68(67(59(42-84)104-74)105-73-61(79-54(13)85)66(91)65(90)58(41-83)103-73)102-53(12)64(89)63(88)51(10)77-60(87)37-36-57(72(95)96)82-71(94)56(35-15-16-39-75)81-70(93)52(11)78-69(92)50(9)76/h23,25,27,29,31,33,38,50-53,56-59,61-62,65-68,73-74,83-84,90-91H,15-22,24,26,28,30,32,34-37,39-42,75-76H2,1-14H3,(H,77,87)(H,78,92)(H,79,85)(H,80,86)(H,81,93)(H,82,94)(H,95,96)(H,97,98)(H,99,100)/b44-25+,45-27+,46-29-,47-31-,48-33-,49-38-/t50-,51+,52-,53-,56+,57-,58-,59-,61-,62-,65-,66-,67-,68-,73+,74-/m1/s1. The number of rotatable bonds is 51. The molecule has 17 N–H and O–H groups in total. The Morgan fingerprint density at radius 1 is 0.514 bits per heavy atom. The average molecular weight is 1590 g/mol. The first-order chi connectivity index (χ1) is 51.0. The van der Waals surface area contributed by atoms with Crippen LogP contribution in [-0.4, -0.2) is 212 Å². The van der Waals surface area contributed by atoms with E-state index in [0.717, 1.165) is 97.5 Å². The Morgan fingerprint density at radius 2 is 0.982 bits per heavy atom. The van der Waals surface area contributed by atoms with Crippen LogP contribution in [0.1, 0.15) is 206 Å². The second-order valence-corrected chi connectivity index (χ2v) is 31.3. The Hall–Kier alpha value is -6.33. The lowest BCUT2D eigenvalue weighted by Gasteiger charge is -2.49. The lowest BCUT2D eigenvalue weighted by Crippen LogP contribution is -2.70. The van der Waals surface area contributed by atoms with Gasteiger partial charge in [-0.05, 0) is 192 Å². The van der Waals surface area contributed by atoms with Crippen LogP contribution in [0.2, 0.25) is 0 Å². The first-order valence-electron chi connectivity index (χ1n) is 37.0. The van der Waals surface area contributed by atoms with Gasteiger partial charge in [0.1, 0.15) is 72.9 Å². The van der Waals surface area contributed by atoms with Crippen molar-refractivity contribution in [1.82, 2.24) is 31.9 Å². The van der Waals surface area contributed by atoms with Crippen LogP contribution < -0.4 is 43.4 Å². The molecular weight excluding hydrogens is 1460 g/mol. The number of Topliss-reactive ketones (excluding diaryl/α,β-unsaturated/α-hetero) is 2. The molecule has 2 fully saturated rings. The Morgan fingerprint density at radius 3 is 1.44 bits per heavy atom. The van der Waals surface area contributed by atoms with E-state index in [4.69, 9.17) is 39.5 Å². The molecule has 0 aromatic rings. The summed E-state index contributed by atoms with van der Waals surface area (Å²) in [5.41, 5.74) is 20.0. The zero-order valence-corrected chi connectivity index (χ0v) is 67.4. The Balaban J connectivity index is 2.27. The minimum absolute atomic E-state index is 0.0108. The third kappa shape index (κ3) is 38.6.